The second kappa shape index (κ2) is 6.75. The molecule has 1 heterocycles. The van der Waals surface area contributed by atoms with Crippen LogP contribution in [0.5, 0.6) is 0 Å². The fourth-order valence-electron chi connectivity index (χ4n) is 1.33. The maximum atomic E-state index is 10.7. The number of aromatic nitrogens is 1. The first-order valence-electron chi connectivity index (χ1n) is 5.63. The van der Waals surface area contributed by atoms with Crippen LogP contribution in [-0.2, 0) is 17.2 Å². The molecule has 0 aliphatic rings. The zero-order valence-electron chi connectivity index (χ0n) is 11.4. The van der Waals surface area contributed by atoms with Crippen molar-refractivity contribution >= 4 is 15.8 Å². The lowest BCUT2D eigenvalue weighted by Gasteiger charge is -2.08. The van der Waals surface area contributed by atoms with Crippen LogP contribution < -0.4 is 4.57 Å². The average molecular weight is 354 g/mol. The van der Waals surface area contributed by atoms with Crippen molar-refractivity contribution in [1.82, 2.24) is 0 Å². The molecule has 1 aromatic heterocycles. The lowest BCUT2D eigenvalue weighted by atomic mass is 10.2. The maximum absolute atomic E-state index is 10.7. The van der Waals surface area contributed by atoms with E-state index in [0.717, 1.165) is 5.56 Å². The molecule has 0 aliphatic carbocycles. The van der Waals surface area contributed by atoms with Crippen LogP contribution >= 0.6 is 0 Å². The number of benzene rings is 1. The van der Waals surface area contributed by atoms with Gasteiger partial charge in [0.15, 0.2) is 16.4 Å². The van der Waals surface area contributed by atoms with Gasteiger partial charge in [0, 0.05) is 12.1 Å². The van der Waals surface area contributed by atoms with Crippen LogP contribution in [0.2, 0.25) is 0 Å². The summed E-state index contributed by atoms with van der Waals surface area (Å²) < 4.78 is 66.0. The lowest BCUT2D eigenvalue weighted by molar-refractivity contribution is -0.662. The summed E-state index contributed by atoms with van der Waals surface area (Å²) in [5.41, 5.74) is -4.76. The molecule has 0 unspecified atom stereocenters. The average Bonchev–Trinajstić information content (AvgIpc) is 2.83. The molecular formula is C11H9F3N2O6S. The van der Waals surface area contributed by atoms with E-state index in [1.54, 1.807) is 29.2 Å². The van der Waals surface area contributed by atoms with Crippen LogP contribution in [0.25, 0.3) is 11.5 Å². The van der Waals surface area contributed by atoms with Crippen molar-refractivity contribution in [3.05, 3.63) is 46.8 Å². The zero-order valence-corrected chi connectivity index (χ0v) is 12.2. The second-order valence-electron chi connectivity index (χ2n) is 4.02. The molecule has 0 saturated heterocycles. The molecule has 8 nitrogen and oxygen atoms in total. The van der Waals surface area contributed by atoms with Gasteiger partial charge in [-0.25, -0.2) is 8.42 Å². The Morgan fingerprint density at radius 3 is 2.00 bits per heavy atom. The summed E-state index contributed by atoms with van der Waals surface area (Å²) in [6, 6.07) is 6.24. The number of non-ortho nitro benzene ring substituents is 1. The van der Waals surface area contributed by atoms with Gasteiger partial charge in [-0.05, 0) is 12.1 Å². The molecule has 0 bridgehead atoms. The van der Waals surface area contributed by atoms with Crippen LogP contribution in [0.15, 0.2) is 41.1 Å². The van der Waals surface area contributed by atoms with Crippen molar-refractivity contribution in [2.75, 3.05) is 0 Å². The van der Waals surface area contributed by atoms with Crippen molar-refractivity contribution in [3.8, 4) is 11.5 Å². The van der Waals surface area contributed by atoms with Crippen molar-refractivity contribution < 1.29 is 40.0 Å². The molecular weight excluding hydrogens is 345 g/mol. The van der Waals surface area contributed by atoms with E-state index in [4.69, 9.17) is 17.4 Å². The maximum Gasteiger partial charge on any atom is 0.485 e. The fraction of sp³-hybridized carbons (Fsp3) is 0.182. The van der Waals surface area contributed by atoms with E-state index >= 15 is 0 Å². The monoisotopic (exact) mass is 354 g/mol. The van der Waals surface area contributed by atoms with Gasteiger partial charge in [0.1, 0.15) is 7.05 Å². The molecule has 126 valence electrons. The summed E-state index contributed by atoms with van der Waals surface area (Å²) >= 11 is 0. The van der Waals surface area contributed by atoms with E-state index in [1.165, 1.54) is 12.1 Å². The quantitative estimate of drug-likeness (QED) is 0.266. The minimum Gasteiger partial charge on any atom is -0.741 e. The highest BCUT2D eigenvalue weighted by molar-refractivity contribution is 7.86. The third-order valence-electron chi connectivity index (χ3n) is 2.39. The van der Waals surface area contributed by atoms with Gasteiger partial charge in [0.25, 0.3) is 5.69 Å². The zero-order chi connectivity index (χ0) is 17.8. The Bertz CT molecular complexity index is 783. The van der Waals surface area contributed by atoms with Crippen LogP contribution in [-0.4, -0.2) is 23.4 Å². The molecule has 12 heteroatoms. The van der Waals surface area contributed by atoms with Gasteiger partial charge < -0.3 is 8.97 Å². The molecule has 23 heavy (non-hydrogen) atoms. The SMILES string of the molecule is C[n+]1ccoc1-c1ccc([N+](=O)[O-])cc1.O=S(=O)([O-])C(F)(F)F. The Labute approximate surface area is 127 Å². The molecule has 0 atom stereocenters. The highest BCUT2D eigenvalue weighted by Gasteiger charge is 2.36. The van der Waals surface area contributed by atoms with Crippen LogP contribution in [0.4, 0.5) is 18.9 Å². The standard InChI is InChI=1S/C10H9N2O3.CHF3O3S/c1-11-6-7-15-10(11)8-2-4-9(5-3-8)12(13)14;2-1(3,4)8(5,6)7/h2-7H,1H3;(H,5,6,7)/q+1;/p-1. The van der Waals surface area contributed by atoms with Gasteiger partial charge in [-0.1, -0.05) is 0 Å². The second-order valence-corrected chi connectivity index (χ2v) is 5.39. The van der Waals surface area contributed by atoms with E-state index in [1.807, 2.05) is 7.05 Å². The number of nitrogens with zero attached hydrogens (tertiary/aromatic N) is 2. The molecule has 0 N–H and O–H groups in total. The van der Waals surface area contributed by atoms with Crippen LogP contribution in [0.1, 0.15) is 0 Å². The topological polar surface area (TPSA) is 117 Å². The first-order valence-corrected chi connectivity index (χ1v) is 7.04. The Morgan fingerprint density at radius 2 is 1.70 bits per heavy atom. The Morgan fingerprint density at radius 1 is 1.22 bits per heavy atom. The smallest absolute Gasteiger partial charge is 0.485 e. The Hall–Kier alpha value is -2.47. The number of halogens is 3. The fourth-order valence-corrected chi connectivity index (χ4v) is 1.33. The summed E-state index contributed by atoms with van der Waals surface area (Å²) in [6.07, 6.45) is 3.34. The van der Waals surface area contributed by atoms with Gasteiger partial charge in [-0.15, -0.1) is 0 Å². The Balaban J connectivity index is 0.000000284. The number of hydrogen-bond acceptors (Lipinski definition) is 6. The third kappa shape index (κ3) is 5.03. The van der Waals surface area contributed by atoms with Gasteiger partial charge in [0.05, 0.1) is 10.5 Å². The lowest BCUT2D eigenvalue weighted by Crippen LogP contribution is -2.26. The predicted octanol–water partition coefficient (Wildman–Crippen LogP) is 1.73. The van der Waals surface area contributed by atoms with Gasteiger partial charge >= 0.3 is 11.4 Å². The molecule has 1 aromatic carbocycles. The molecule has 0 aliphatic heterocycles. The van der Waals surface area contributed by atoms with E-state index < -0.39 is 20.5 Å². The molecule has 0 amide bonds. The Kier molecular flexibility index (Phi) is 5.45. The van der Waals surface area contributed by atoms with Crippen molar-refractivity contribution in [2.45, 2.75) is 5.51 Å². The van der Waals surface area contributed by atoms with Crippen molar-refractivity contribution in [3.63, 3.8) is 0 Å². The minimum atomic E-state index is -6.09. The van der Waals surface area contributed by atoms with Gasteiger partial charge in [-0.2, -0.15) is 17.7 Å². The largest absolute Gasteiger partial charge is 0.741 e. The first kappa shape index (κ1) is 18.6. The van der Waals surface area contributed by atoms with E-state index in [-0.39, 0.29) is 5.69 Å². The van der Waals surface area contributed by atoms with Crippen LogP contribution in [0.3, 0.4) is 0 Å². The number of hydrogen-bond donors (Lipinski definition) is 0. The van der Waals surface area contributed by atoms with Gasteiger partial charge in [-0.3, -0.25) is 10.1 Å². The molecule has 0 radical (unpaired) electrons. The number of aryl methyl sites for hydroxylation is 1. The molecule has 2 rings (SSSR count). The summed E-state index contributed by atoms with van der Waals surface area (Å²) in [5.74, 6) is 0.671. The molecule has 0 spiro atoms. The molecule has 2 aromatic rings. The normalized spacial score (nSPS) is 11.5. The summed E-state index contributed by atoms with van der Waals surface area (Å²) in [6.45, 7) is 0. The van der Waals surface area contributed by atoms with E-state index in [2.05, 4.69) is 0 Å². The third-order valence-corrected chi connectivity index (χ3v) is 2.96. The minimum absolute atomic E-state index is 0.0768. The number of alkyl halides is 3. The van der Waals surface area contributed by atoms with Crippen molar-refractivity contribution in [1.29, 1.82) is 0 Å². The van der Waals surface area contributed by atoms with Crippen LogP contribution in [0, 0.1) is 10.1 Å². The highest BCUT2D eigenvalue weighted by Crippen LogP contribution is 2.20. The van der Waals surface area contributed by atoms with E-state index in [0.29, 0.717) is 5.89 Å². The number of oxazole rings is 1. The van der Waals surface area contributed by atoms with Gasteiger partial charge in [0.2, 0.25) is 6.20 Å². The van der Waals surface area contributed by atoms with E-state index in [9.17, 15) is 23.3 Å². The van der Waals surface area contributed by atoms with Crippen molar-refractivity contribution in [2.24, 2.45) is 7.05 Å². The number of nitro benzene ring substituents is 1. The number of rotatable bonds is 2. The first-order chi connectivity index (χ1) is 10.4. The molecule has 0 fully saturated rings. The molecule has 0 saturated carbocycles. The number of nitro groups is 1. The summed E-state index contributed by atoms with van der Waals surface area (Å²) in [7, 11) is -4.24. The highest BCUT2D eigenvalue weighted by atomic mass is 32.2. The predicted molar refractivity (Wildman–Crippen MR) is 67.7 cm³/mol. The summed E-state index contributed by atoms with van der Waals surface area (Å²) in [5, 5.41) is 10.4. The summed E-state index contributed by atoms with van der Waals surface area (Å²) in [4.78, 5) is 10.0.